The molecule has 1 saturated carbocycles. The van der Waals surface area contributed by atoms with E-state index in [1.54, 1.807) is 12.1 Å². The molecule has 0 bridgehead atoms. The zero-order valence-corrected chi connectivity index (χ0v) is 17.7. The smallest absolute Gasteiger partial charge is 0.240 e. The molecule has 6 nitrogen and oxygen atoms in total. The summed E-state index contributed by atoms with van der Waals surface area (Å²) in [5.74, 6) is 0.574. The van der Waals surface area contributed by atoms with Gasteiger partial charge in [0.1, 0.15) is 0 Å². The van der Waals surface area contributed by atoms with Crippen molar-refractivity contribution in [2.75, 3.05) is 19.8 Å². The fourth-order valence-electron chi connectivity index (χ4n) is 4.03. The normalized spacial score (nSPS) is 26.1. The molecule has 1 heterocycles. The van der Waals surface area contributed by atoms with Gasteiger partial charge in [-0.3, -0.25) is 0 Å². The minimum absolute atomic E-state index is 0. The highest BCUT2D eigenvalue weighted by Crippen LogP contribution is 2.29. The molecule has 3 rings (SSSR count). The Hall–Kier alpha value is -0.700. The van der Waals surface area contributed by atoms with Crippen LogP contribution in [0.5, 0.6) is 0 Å². The summed E-state index contributed by atoms with van der Waals surface area (Å²) >= 11 is 0. The Labute approximate surface area is 169 Å². The number of halogens is 1. The summed E-state index contributed by atoms with van der Waals surface area (Å²) in [6.45, 7) is 6.85. The van der Waals surface area contributed by atoms with Crippen molar-refractivity contribution in [2.45, 2.75) is 62.7 Å². The lowest BCUT2D eigenvalue weighted by Gasteiger charge is -2.33. The molecule has 0 radical (unpaired) electrons. The summed E-state index contributed by atoms with van der Waals surface area (Å²) in [7, 11) is -3.45. The van der Waals surface area contributed by atoms with Gasteiger partial charge < -0.3 is 15.4 Å². The van der Waals surface area contributed by atoms with Crippen LogP contribution in [0.2, 0.25) is 0 Å². The van der Waals surface area contributed by atoms with Gasteiger partial charge in [-0.05, 0) is 50.3 Å². The Morgan fingerprint density at radius 2 is 2.11 bits per heavy atom. The second kappa shape index (κ2) is 10.2. The van der Waals surface area contributed by atoms with E-state index in [2.05, 4.69) is 15.4 Å². The van der Waals surface area contributed by atoms with E-state index < -0.39 is 10.0 Å². The number of nitrogens with one attached hydrogen (secondary N) is 3. The first kappa shape index (κ1) is 22.6. The maximum atomic E-state index is 12.4. The Morgan fingerprint density at radius 1 is 1.30 bits per heavy atom. The second-order valence-corrected chi connectivity index (χ2v) is 9.36. The Bertz CT molecular complexity index is 693. The summed E-state index contributed by atoms with van der Waals surface area (Å²) in [6.07, 6.45) is 3.61. The van der Waals surface area contributed by atoms with Crippen molar-refractivity contribution in [3.05, 3.63) is 29.8 Å². The first-order chi connectivity index (χ1) is 12.5. The van der Waals surface area contributed by atoms with Crippen LogP contribution in [0.1, 0.15) is 38.7 Å². The zero-order chi connectivity index (χ0) is 18.6. The number of hydrogen-bond donors (Lipinski definition) is 3. The Morgan fingerprint density at radius 3 is 2.81 bits per heavy atom. The summed E-state index contributed by atoms with van der Waals surface area (Å²) in [4.78, 5) is 0.329. The van der Waals surface area contributed by atoms with Crippen molar-refractivity contribution >= 4 is 22.4 Å². The number of ether oxygens (including phenoxy) is 1. The average molecular weight is 418 g/mol. The molecule has 1 aliphatic heterocycles. The van der Waals surface area contributed by atoms with E-state index in [9.17, 15) is 8.42 Å². The van der Waals surface area contributed by atoms with Crippen molar-refractivity contribution < 1.29 is 13.2 Å². The quantitative estimate of drug-likeness (QED) is 0.632. The lowest BCUT2D eigenvalue weighted by Crippen LogP contribution is -2.50. The van der Waals surface area contributed by atoms with Gasteiger partial charge in [0.25, 0.3) is 0 Å². The predicted octanol–water partition coefficient (Wildman–Crippen LogP) is 2.04. The third-order valence-corrected chi connectivity index (χ3v) is 6.86. The summed E-state index contributed by atoms with van der Waals surface area (Å²) < 4.78 is 33.0. The van der Waals surface area contributed by atoms with Crippen LogP contribution in [0.25, 0.3) is 0 Å². The highest BCUT2D eigenvalue weighted by Gasteiger charge is 2.34. The van der Waals surface area contributed by atoms with Crippen molar-refractivity contribution in [2.24, 2.45) is 5.92 Å². The summed E-state index contributed by atoms with van der Waals surface area (Å²) in [6, 6.07) is 7.96. The van der Waals surface area contributed by atoms with Crippen LogP contribution in [0, 0.1) is 5.92 Å². The average Bonchev–Trinajstić information content (AvgIpc) is 3.08. The van der Waals surface area contributed by atoms with Crippen LogP contribution in [-0.4, -0.2) is 46.3 Å². The molecule has 3 N–H and O–H groups in total. The maximum absolute atomic E-state index is 12.4. The third kappa shape index (κ3) is 6.14. The molecule has 0 spiro atoms. The molecule has 2 fully saturated rings. The molecule has 1 aromatic carbocycles. The molecule has 3 atom stereocenters. The van der Waals surface area contributed by atoms with E-state index in [0.29, 0.717) is 29.4 Å². The van der Waals surface area contributed by atoms with Crippen molar-refractivity contribution in [3.8, 4) is 0 Å². The van der Waals surface area contributed by atoms with E-state index in [-0.39, 0.29) is 18.4 Å². The minimum atomic E-state index is -3.45. The van der Waals surface area contributed by atoms with Crippen LogP contribution < -0.4 is 15.4 Å². The Balaban J connectivity index is 0.00000261. The monoisotopic (exact) mass is 417 g/mol. The Kier molecular flexibility index (Phi) is 8.52. The molecule has 154 valence electrons. The van der Waals surface area contributed by atoms with E-state index in [1.807, 2.05) is 26.0 Å². The van der Waals surface area contributed by atoms with Gasteiger partial charge >= 0.3 is 0 Å². The van der Waals surface area contributed by atoms with Gasteiger partial charge in [-0.1, -0.05) is 18.6 Å². The lowest BCUT2D eigenvalue weighted by atomic mass is 9.94. The maximum Gasteiger partial charge on any atom is 0.240 e. The molecule has 8 heteroatoms. The number of hydrogen-bond acceptors (Lipinski definition) is 5. The first-order valence-electron chi connectivity index (χ1n) is 9.61. The lowest BCUT2D eigenvalue weighted by molar-refractivity contribution is 0.0524. The standard InChI is InChI=1S/C19H31N3O3S.ClH/c1-14(2)22-26(23,24)16-6-3-5-15(11-16)12-21-18-8-4-7-17(18)19-13-25-10-9-20-19;/h3,5-6,11,14,17-22H,4,7-10,12-13H2,1-2H3;1H. The number of morpholine rings is 1. The van der Waals surface area contributed by atoms with E-state index in [0.717, 1.165) is 31.7 Å². The molecule has 2 aliphatic rings. The zero-order valence-electron chi connectivity index (χ0n) is 16.1. The van der Waals surface area contributed by atoms with Gasteiger partial charge in [-0.15, -0.1) is 12.4 Å². The largest absolute Gasteiger partial charge is 0.379 e. The molecule has 1 aromatic rings. The van der Waals surface area contributed by atoms with Gasteiger partial charge in [0.15, 0.2) is 0 Å². The van der Waals surface area contributed by atoms with Gasteiger partial charge in [0.05, 0.1) is 18.1 Å². The number of sulfonamides is 1. The van der Waals surface area contributed by atoms with Crippen molar-refractivity contribution in [1.29, 1.82) is 0 Å². The minimum Gasteiger partial charge on any atom is -0.379 e. The third-order valence-electron chi connectivity index (χ3n) is 5.20. The molecule has 1 saturated heterocycles. The molecule has 1 aliphatic carbocycles. The van der Waals surface area contributed by atoms with E-state index in [4.69, 9.17) is 4.74 Å². The molecule has 0 aromatic heterocycles. The van der Waals surface area contributed by atoms with E-state index >= 15 is 0 Å². The summed E-state index contributed by atoms with van der Waals surface area (Å²) in [5, 5.41) is 7.24. The van der Waals surface area contributed by atoms with Gasteiger partial charge in [0.2, 0.25) is 10.0 Å². The first-order valence-corrected chi connectivity index (χ1v) is 11.1. The number of benzene rings is 1. The van der Waals surface area contributed by atoms with Crippen LogP contribution in [-0.2, 0) is 21.3 Å². The molecule has 27 heavy (non-hydrogen) atoms. The fourth-order valence-corrected chi connectivity index (χ4v) is 5.36. The van der Waals surface area contributed by atoms with Gasteiger partial charge in [-0.2, -0.15) is 0 Å². The number of rotatable bonds is 7. The van der Waals surface area contributed by atoms with Gasteiger partial charge in [0, 0.05) is 31.2 Å². The summed E-state index contributed by atoms with van der Waals surface area (Å²) in [5.41, 5.74) is 0.995. The van der Waals surface area contributed by atoms with Gasteiger partial charge in [-0.25, -0.2) is 13.1 Å². The SMILES string of the molecule is CC(C)NS(=O)(=O)c1cccc(CNC2CCCC2C2COCCN2)c1.Cl. The predicted molar refractivity (Wildman–Crippen MR) is 110 cm³/mol. The second-order valence-electron chi connectivity index (χ2n) is 7.64. The van der Waals surface area contributed by atoms with E-state index in [1.165, 1.54) is 12.8 Å². The van der Waals surface area contributed by atoms with Crippen molar-refractivity contribution in [3.63, 3.8) is 0 Å². The topological polar surface area (TPSA) is 79.5 Å². The molecular weight excluding hydrogens is 386 g/mol. The van der Waals surface area contributed by atoms with Crippen LogP contribution in [0.4, 0.5) is 0 Å². The molecular formula is C19H32ClN3O3S. The highest BCUT2D eigenvalue weighted by molar-refractivity contribution is 7.89. The highest BCUT2D eigenvalue weighted by atomic mass is 35.5. The van der Waals surface area contributed by atoms with Crippen molar-refractivity contribution in [1.82, 2.24) is 15.4 Å². The van der Waals surface area contributed by atoms with Crippen LogP contribution in [0.3, 0.4) is 0 Å². The van der Waals surface area contributed by atoms with Crippen LogP contribution in [0.15, 0.2) is 29.2 Å². The fraction of sp³-hybridized carbons (Fsp3) is 0.684. The van der Waals surface area contributed by atoms with Crippen LogP contribution >= 0.6 is 12.4 Å². The molecule has 3 unspecified atom stereocenters. The molecule has 0 amide bonds.